The molecule has 0 bridgehead atoms. The van der Waals surface area contributed by atoms with Crippen molar-refractivity contribution in [2.45, 2.75) is 18.2 Å². The zero-order valence-corrected chi connectivity index (χ0v) is 11.4. The van der Waals surface area contributed by atoms with Gasteiger partial charge in [0.1, 0.15) is 0 Å². The molecule has 94 valence electrons. The van der Waals surface area contributed by atoms with Crippen molar-refractivity contribution in [2.75, 3.05) is 12.9 Å². The van der Waals surface area contributed by atoms with E-state index in [1.54, 1.807) is 24.3 Å². The lowest BCUT2D eigenvalue weighted by Gasteiger charge is -2.21. The second-order valence-corrected chi connectivity index (χ2v) is 5.18. The van der Waals surface area contributed by atoms with Gasteiger partial charge in [-0.05, 0) is 25.3 Å². The molecule has 0 aromatic heterocycles. The number of nitrogens with one attached hydrogen (secondary N) is 1. The van der Waals surface area contributed by atoms with E-state index in [1.807, 2.05) is 13.2 Å². The molecule has 0 aliphatic rings. The van der Waals surface area contributed by atoms with Gasteiger partial charge in [0.05, 0.1) is 17.2 Å². The zero-order chi connectivity index (χ0) is 12.8. The van der Waals surface area contributed by atoms with Gasteiger partial charge in [-0.1, -0.05) is 23.7 Å². The van der Waals surface area contributed by atoms with Crippen LogP contribution in [-0.2, 0) is 0 Å². The summed E-state index contributed by atoms with van der Waals surface area (Å²) < 4.78 is 0. The second kappa shape index (κ2) is 6.89. The van der Waals surface area contributed by atoms with Crippen LogP contribution in [0.3, 0.4) is 0 Å². The molecule has 1 aromatic carbocycles. The normalized spacial score (nSPS) is 14.1. The molecule has 0 radical (unpaired) electrons. The summed E-state index contributed by atoms with van der Waals surface area (Å²) in [5.41, 5.74) is 0.457. The lowest BCUT2D eigenvalue weighted by molar-refractivity contribution is 0.0936. The van der Waals surface area contributed by atoms with Crippen molar-refractivity contribution in [3.05, 3.63) is 34.9 Å². The molecular formula is C12H16ClNO2S. The number of amides is 1. The Morgan fingerprint density at radius 3 is 2.71 bits per heavy atom. The van der Waals surface area contributed by atoms with E-state index in [4.69, 9.17) is 16.7 Å². The van der Waals surface area contributed by atoms with Gasteiger partial charge in [0.2, 0.25) is 0 Å². The molecule has 0 saturated carbocycles. The van der Waals surface area contributed by atoms with E-state index >= 15 is 0 Å². The van der Waals surface area contributed by atoms with Crippen LogP contribution in [-0.4, -0.2) is 35.2 Å². The predicted molar refractivity (Wildman–Crippen MR) is 72.8 cm³/mol. The highest BCUT2D eigenvalue weighted by Gasteiger charge is 2.19. The molecule has 0 aliphatic carbocycles. The van der Waals surface area contributed by atoms with E-state index in [-0.39, 0.29) is 23.8 Å². The summed E-state index contributed by atoms with van der Waals surface area (Å²) in [6.45, 7) is 1.90. The van der Waals surface area contributed by atoms with Gasteiger partial charge in [0.25, 0.3) is 5.91 Å². The van der Waals surface area contributed by atoms with E-state index < -0.39 is 0 Å². The smallest absolute Gasteiger partial charge is 0.253 e. The predicted octanol–water partition coefficient (Wildman–Crippen LogP) is 2.18. The first-order valence-corrected chi connectivity index (χ1v) is 6.95. The molecule has 1 aromatic rings. The summed E-state index contributed by atoms with van der Waals surface area (Å²) in [6, 6.07) is 6.79. The number of thioether (sulfide) groups is 1. The topological polar surface area (TPSA) is 49.3 Å². The van der Waals surface area contributed by atoms with Crippen molar-refractivity contribution in [1.82, 2.24) is 5.32 Å². The first kappa shape index (κ1) is 14.4. The van der Waals surface area contributed by atoms with Gasteiger partial charge in [0, 0.05) is 11.3 Å². The molecule has 0 aliphatic heterocycles. The number of carbonyl (C=O) groups excluding carboxylic acids is 1. The summed E-state index contributed by atoms with van der Waals surface area (Å²) in [7, 11) is 0. The van der Waals surface area contributed by atoms with Crippen LogP contribution in [0.25, 0.3) is 0 Å². The fraction of sp³-hybridized carbons (Fsp3) is 0.417. The maximum atomic E-state index is 11.9. The number of benzene rings is 1. The van der Waals surface area contributed by atoms with Gasteiger partial charge < -0.3 is 10.4 Å². The first-order valence-electron chi connectivity index (χ1n) is 5.29. The first-order chi connectivity index (χ1) is 8.10. The van der Waals surface area contributed by atoms with Gasteiger partial charge in [-0.2, -0.15) is 11.8 Å². The maximum absolute atomic E-state index is 11.9. The molecule has 17 heavy (non-hydrogen) atoms. The highest BCUT2D eigenvalue weighted by Crippen LogP contribution is 2.16. The van der Waals surface area contributed by atoms with E-state index in [2.05, 4.69) is 5.32 Å². The Balaban J connectivity index is 2.70. The Bertz CT molecular complexity index is 383. The summed E-state index contributed by atoms with van der Waals surface area (Å²) in [5.74, 6) is -0.212. The fourth-order valence-corrected chi connectivity index (χ4v) is 2.31. The largest absolute Gasteiger partial charge is 0.395 e. The number of rotatable bonds is 5. The quantitative estimate of drug-likeness (QED) is 0.865. The number of hydrogen-bond acceptors (Lipinski definition) is 3. The molecule has 0 fully saturated rings. The van der Waals surface area contributed by atoms with Crippen LogP contribution >= 0.6 is 23.4 Å². The zero-order valence-electron chi connectivity index (χ0n) is 9.81. The average Bonchev–Trinajstić information content (AvgIpc) is 2.31. The van der Waals surface area contributed by atoms with Crippen LogP contribution in [0.15, 0.2) is 24.3 Å². The van der Waals surface area contributed by atoms with E-state index in [9.17, 15) is 4.79 Å². The molecule has 5 heteroatoms. The van der Waals surface area contributed by atoms with Gasteiger partial charge >= 0.3 is 0 Å². The molecule has 0 heterocycles. The van der Waals surface area contributed by atoms with Gasteiger partial charge in [-0.15, -0.1) is 0 Å². The molecule has 1 rings (SSSR count). The number of aliphatic hydroxyl groups excluding tert-OH is 1. The summed E-state index contributed by atoms with van der Waals surface area (Å²) in [5, 5.41) is 12.4. The van der Waals surface area contributed by atoms with Crippen molar-refractivity contribution in [2.24, 2.45) is 0 Å². The Kier molecular flexibility index (Phi) is 5.82. The van der Waals surface area contributed by atoms with E-state index in [0.29, 0.717) is 10.6 Å². The molecule has 2 N–H and O–H groups in total. The van der Waals surface area contributed by atoms with Crippen molar-refractivity contribution < 1.29 is 9.90 Å². The van der Waals surface area contributed by atoms with E-state index in [0.717, 1.165) is 0 Å². The molecule has 0 saturated heterocycles. The van der Waals surface area contributed by atoms with Crippen molar-refractivity contribution >= 4 is 29.3 Å². The van der Waals surface area contributed by atoms with Crippen LogP contribution in [0, 0.1) is 0 Å². The van der Waals surface area contributed by atoms with Crippen LogP contribution in [0.5, 0.6) is 0 Å². The monoisotopic (exact) mass is 273 g/mol. The maximum Gasteiger partial charge on any atom is 0.253 e. The lowest BCUT2D eigenvalue weighted by atomic mass is 10.2. The van der Waals surface area contributed by atoms with Crippen molar-refractivity contribution in [3.8, 4) is 0 Å². The summed E-state index contributed by atoms with van der Waals surface area (Å²) in [6.07, 6.45) is 1.90. The summed E-state index contributed by atoms with van der Waals surface area (Å²) in [4.78, 5) is 11.9. The number of carbonyl (C=O) groups is 1. The number of hydrogen-bond donors (Lipinski definition) is 2. The summed E-state index contributed by atoms with van der Waals surface area (Å²) >= 11 is 7.46. The fourth-order valence-electron chi connectivity index (χ4n) is 1.46. The lowest BCUT2D eigenvalue weighted by Crippen LogP contribution is -2.41. The standard InChI is InChI=1S/C12H16ClNO2S/c1-8(11(7-15)17-2)14-12(16)9-5-3-4-6-10(9)13/h3-6,8,11,15H,7H2,1-2H3,(H,14,16). The van der Waals surface area contributed by atoms with Crippen LogP contribution in [0.2, 0.25) is 5.02 Å². The van der Waals surface area contributed by atoms with Crippen molar-refractivity contribution in [3.63, 3.8) is 0 Å². The molecule has 0 spiro atoms. The number of aliphatic hydroxyl groups is 1. The minimum atomic E-state index is -0.212. The third-order valence-corrected chi connectivity index (χ3v) is 4.01. The molecule has 2 atom stereocenters. The van der Waals surface area contributed by atoms with Crippen LogP contribution in [0.4, 0.5) is 0 Å². The Hall–Kier alpha value is -0.710. The van der Waals surface area contributed by atoms with Crippen LogP contribution < -0.4 is 5.32 Å². The Morgan fingerprint density at radius 2 is 2.18 bits per heavy atom. The highest BCUT2D eigenvalue weighted by atomic mass is 35.5. The van der Waals surface area contributed by atoms with E-state index in [1.165, 1.54) is 11.8 Å². The average molecular weight is 274 g/mol. The second-order valence-electron chi connectivity index (χ2n) is 3.70. The SMILES string of the molecule is CSC(CO)C(C)NC(=O)c1ccccc1Cl. The van der Waals surface area contributed by atoms with Gasteiger partial charge in [-0.3, -0.25) is 4.79 Å². The van der Waals surface area contributed by atoms with Gasteiger partial charge in [0.15, 0.2) is 0 Å². The Labute approximate surface area is 111 Å². The van der Waals surface area contributed by atoms with Crippen LogP contribution in [0.1, 0.15) is 17.3 Å². The Morgan fingerprint density at radius 1 is 1.53 bits per heavy atom. The minimum Gasteiger partial charge on any atom is -0.395 e. The van der Waals surface area contributed by atoms with Gasteiger partial charge in [-0.25, -0.2) is 0 Å². The third-order valence-electron chi connectivity index (χ3n) is 2.52. The molecule has 3 nitrogen and oxygen atoms in total. The van der Waals surface area contributed by atoms with Crippen molar-refractivity contribution in [1.29, 1.82) is 0 Å². The molecule has 1 amide bonds. The number of halogens is 1. The third kappa shape index (κ3) is 3.91. The molecular weight excluding hydrogens is 258 g/mol. The highest BCUT2D eigenvalue weighted by molar-refractivity contribution is 7.99. The molecule has 2 unspecified atom stereocenters. The minimum absolute atomic E-state index is 0.0126.